The Labute approximate surface area is 79.3 Å². The fourth-order valence-electron chi connectivity index (χ4n) is 0. The Kier molecular flexibility index (Phi) is 24.0. The summed E-state index contributed by atoms with van der Waals surface area (Å²) in [5, 5.41) is 0. The summed E-state index contributed by atoms with van der Waals surface area (Å²) in [6.07, 6.45) is 0. The minimum Gasteiger partial charge on any atom is -0.264 e. The fourth-order valence-corrected chi connectivity index (χ4v) is 0. The maximum Gasteiger partial charge on any atom is 0.394 e. The summed E-state index contributed by atoms with van der Waals surface area (Å²) in [4.78, 5) is 0. The first-order valence-corrected chi connectivity index (χ1v) is 2.10. The van der Waals surface area contributed by atoms with E-state index in [0.717, 1.165) is 0 Å². The molecule has 0 unspecified atom stereocenters. The second-order valence-electron chi connectivity index (χ2n) is 0.448. The average molecular weight is 214 g/mol. The van der Waals surface area contributed by atoms with Crippen molar-refractivity contribution in [2.24, 2.45) is 0 Å². The summed E-state index contributed by atoms with van der Waals surface area (Å²) >= 11 is 0. The van der Waals surface area contributed by atoms with Crippen molar-refractivity contribution in [3.8, 4) is 0 Å². The molecule has 0 heterocycles. The molecule has 0 aliphatic rings. The van der Waals surface area contributed by atoms with Crippen LogP contribution in [0.5, 0.6) is 0 Å². The summed E-state index contributed by atoms with van der Waals surface area (Å²) < 4.78 is 31.6. The van der Waals surface area contributed by atoms with Gasteiger partial charge in [-0.3, -0.25) is 9.11 Å². The largest absolute Gasteiger partial charge is 0.394 e. The van der Waals surface area contributed by atoms with Crippen molar-refractivity contribution in [2.75, 3.05) is 0 Å². The van der Waals surface area contributed by atoms with Gasteiger partial charge in [-0.05, 0) is 0 Å². The molecule has 0 radical (unpaired) electrons. The normalized spacial score (nSPS) is 7.25. The maximum absolute atomic E-state index is 8.74. The third kappa shape index (κ3) is 147. The quantitative estimate of drug-likeness (QED) is 0.332. The summed E-state index contributed by atoms with van der Waals surface area (Å²) in [6.45, 7) is 0. The Morgan fingerprint density at radius 1 is 1.00 bits per heavy atom. The van der Waals surface area contributed by atoms with Crippen molar-refractivity contribution in [3.05, 3.63) is 0 Å². The van der Waals surface area contributed by atoms with Crippen molar-refractivity contribution < 1.29 is 34.6 Å². The van der Waals surface area contributed by atoms with E-state index in [1.165, 1.54) is 0 Å². The minimum atomic E-state index is -4.67. The van der Waals surface area contributed by atoms with Crippen LogP contribution in [-0.4, -0.2) is 52.2 Å². The molecule has 0 rings (SSSR count). The zero-order valence-corrected chi connectivity index (χ0v) is 4.39. The van der Waals surface area contributed by atoms with Gasteiger partial charge < -0.3 is 0 Å². The Morgan fingerprint density at radius 2 is 1.00 bits per heavy atom. The average Bonchev–Trinajstić information content (AvgIpc) is 0.722. The Morgan fingerprint density at radius 3 is 1.00 bits per heavy atom. The van der Waals surface area contributed by atoms with Gasteiger partial charge in [-0.25, -0.2) is 0 Å². The monoisotopic (exact) mass is 214 g/mol. The van der Waals surface area contributed by atoms with Gasteiger partial charge >= 0.3 is 10.4 Å². The van der Waals surface area contributed by atoms with Crippen LogP contribution in [0.25, 0.3) is 0 Å². The van der Waals surface area contributed by atoms with E-state index >= 15 is 0 Å². The SMILES string of the molecule is O=S(=O)(O)O.[AlH3].[AlH3].[Fe]. The van der Waals surface area contributed by atoms with Crippen molar-refractivity contribution >= 4 is 45.1 Å². The Bertz CT molecular complexity index is 97.2. The second-order valence-corrected chi connectivity index (χ2v) is 1.34. The maximum atomic E-state index is 8.74. The van der Waals surface area contributed by atoms with E-state index in [1.807, 2.05) is 0 Å². The van der Waals surface area contributed by atoms with Gasteiger partial charge in [-0.2, -0.15) is 8.42 Å². The molecule has 0 aromatic heterocycles. The van der Waals surface area contributed by atoms with Crippen molar-refractivity contribution in [2.45, 2.75) is 0 Å². The molecule has 2 N–H and O–H groups in total. The first-order chi connectivity index (χ1) is 2.00. The predicted octanol–water partition coefficient (Wildman–Crippen LogP) is -3.02. The van der Waals surface area contributed by atoms with E-state index in [-0.39, 0.29) is 51.8 Å². The summed E-state index contributed by atoms with van der Waals surface area (Å²) in [5.41, 5.74) is 0. The molecule has 0 fully saturated rings. The molecule has 52 valence electrons. The molecule has 0 aromatic carbocycles. The molecule has 0 spiro atoms. The van der Waals surface area contributed by atoms with Crippen LogP contribution in [0.15, 0.2) is 0 Å². The molecule has 0 saturated heterocycles. The zero-order chi connectivity index (χ0) is 4.50. The third-order valence-electron chi connectivity index (χ3n) is 0. The number of hydrogen-bond donors (Lipinski definition) is 2. The van der Waals surface area contributed by atoms with Gasteiger partial charge in [-0.15, -0.1) is 0 Å². The summed E-state index contributed by atoms with van der Waals surface area (Å²) in [6, 6.07) is 0. The first kappa shape index (κ1) is 22.7. The van der Waals surface area contributed by atoms with E-state index in [0.29, 0.717) is 0 Å². The smallest absolute Gasteiger partial charge is 0.264 e. The molecule has 0 atom stereocenters. The molecule has 8 heteroatoms. The van der Waals surface area contributed by atoms with Crippen LogP contribution in [0.1, 0.15) is 0 Å². The van der Waals surface area contributed by atoms with Gasteiger partial charge in [0.25, 0.3) is 0 Å². The summed E-state index contributed by atoms with van der Waals surface area (Å²) in [7, 11) is -4.67. The Balaban J connectivity index is -0.0000000267. The molecule has 8 heavy (non-hydrogen) atoms. The molecular weight excluding hydrogens is 206 g/mol. The van der Waals surface area contributed by atoms with Gasteiger partial charge in [0.05, 0.1) is 0 Å². The van der Waals surface area contributed by atoms with E-state index in [4.69, 9.17) is 17.5 Å². The van der Waals surface area contributed by atoms with Crippen molar-refractivity contribution in [1.82, 2.24) is 0 Å². The van der Waals surface area contributed by atoms with Gasteiger partial charge in [-0.1, -0.05) is 0 Å². The van der Waals surface area contributed by atoms with Crippen LogP contribution >= 0.6 is 0 Å². The molecule has 0 aliphatic carbocycles. The summed E-state index contributed by atoms with van der Waals surface area (Å²) in [5.74, 6) is 0. The van der Waals surface area contributed by atoms with E-state index in [2.05, 4.69) is 0 Å². The van der Waals surface area contributed by atoms with Crippen LogP contribution in [0.3, 0.4) is 0 Å². The van der Waals surface area contributed by atoms with Gasteiger partial charge in [0.15, 0.2) is 34.7 Å². The van der Waals surface area contributed by atoms with Crippen molar-refractivity contribution in [3.63, 3.8) is 0 Å². The van der Waals surface area contributed by atoms with Gasteiger partial charge in [0, 0.05) is 17.1 Å². The third-order valence-corrected chi connectivity index (χ3v) is 0. The van der Waals surface area contributed by atoms with E-state index < -0.39 is 10.4 Å². The minimum absolute atomic E-state index is 0. The first-order valence-electron chi connectivity index (χ1n) is 0.698. The van der Waals surface area contributed by atoms with Crippen LogP contribution in [0, 0.1) is 0 Å². The molecule has 0 bridgehead atoms. The molecule has 0 aliphatic heterocycles. The fraction of sp³-hybridized carbons (Fsp3) is 0. The van der Waals surface area contributed by atoms with Crippen LogP contribution < -0.4 is 0 Å². The molecule has 0 aromatic rings. The van der Waals surface area contributed by atoms with E-state index in [1.54, 1.807) is 0 Å². The van der Waals surface area contributed by atoms with Crippen LogP contribution in [0.4, 0.5) is 0 Å². The molecular formula is H8Al2FeO4S. The van der Waals surface area contributed by atoms with Gasteiger partial charge in [0.1, 0.15) is 0 Å². The Hall–Kier alpha value is 1.45. The second kappa shape index (κ2) is 8.45. The molecule has 0 saturated carbocycles. The predicted molar refractivity (Wildman–Crippen MR) is 34.1 cm³/mol. The van der Waals surface area contributed by atoms with E-state index in [9.17, 15) is 0 Å². The zero-order valence-electron chi connectivity index (χ0n) is 2.47. The molecule has 4 nitrogen and oxygen atoms in total. The number of hydrogen-bond acceptors (Lipinski definition) is 2. The van der Waals surface area contributed by atoms with Crippen LogP contribution in [0.2, 0.25) is 0 Å². The number of rotatable bonds is 0. The topological polar surface area (TPSA) is 74.6 Å². The van der Waals surface area contributed by atoms with Gasteiger partial charge in [0.2, 0.25) is 0 Å². The standard InChI is InChI=1S/2Al.Fe.H2O4S.6H/c;;;1-5(2,3)4;;;;;;/h;;;(H2,1,2,3,4);;;;;;. The van der Waals surface area contributed by atoms with Crippen molar-refractivity contribution in [1.29, 1.82) is 0 Å². The van der Waals surface area contributed by atoms with Crippen LogP contribution in [-0.2, 0) is 27.5 Å². The molecule has 0 amide bonds.